The Kier molecular flexibility index (Phi) is 3.47. The number of hydrogen-bond donors (Lipinski definition) is 1. The number of nitrogens with one attached hydrogen (secondary N) is 1. The summed E-state index contributed by atoms with van der Waals surface area (Å²) in [6, 6.07) is 12.1. The maximum atomic E-state index is 12.5. The van der Waals surface area contributed by atoms with Crippen molar-refractivity contribution in [2.24, 2.45) is 5.92 Å². The van der Waals surface area contributed by atoms with Crippen LogP contribution in [0.25, 0.3) is 10.2 Å². The van der Waals surface area contributed by atoms with Crippen LogP contribution in [0.4, 0.5) is 5.69 Å². The molecule has 5 heteroatoms. The Morgan fingerprint density at radius 1 is 1.18 bits per heavy atom. The number of aromatic nitrogens is 1. The molecule has 1 aliphatic rings. The first-order valence-corrected chi connectivity index (χ1v) is 8.78. The molecule has 110 valence electrons. The van der Waals surface area contributed by atoms with Gasteiger partial charge in [-0.25, -0.2) is 4.98 Å². The second-order valence-electron chi connectivity index (χ2n) is 5.54. The van der Waals surface area contributed by atoms with E-state index in [4.69, 9.17) is 0 Å². The second kappa shape index (κ2) is 5.48. The Labute approximate surface area is 140 Å². The van der Waals surface area contributed by atoms with Gasteiger partial charge in [0, 0.05) is 16.1 Å². The Bertz CT molecular complexity index is 874. The molecule has 0 saturated carbocycles. The molecule has 3 nitrogen and oxygen atoms in total. The average molecular weight is 373 g/mol. The molecule has 1 unspecified atom stereocenters. The van der Waals surface area contributed by atoms with Crippen LogP contribution in [0.15, 0.2) is 46.4 Å². The lowest BCUT2D eigenvalue weighted by Crippen LogP contribution is -2.23. The van der Waals surface area contributed by atoms with Gasteiger partial charge in [0.2, 0.25) is 5.91 Å². The van der Waals surface area contributed by atoms with Crippen LogP contribution in [0.3, 0.4) is 0 Å². The third kappa shape index (κ3) is 2.55. The molecule has 1 atom stereocenters. The van der Waals surface area contributed by atoms with Crippen molar-refractivity contribution in [2.75, 3.05) is 5.32 Å². The summed E-state index contributed by atoms with van der Waals surface area (Å²) in [6.07, 6.45) is 1.62. The number of amides is 1. The molecule has 0 spiro atoms. The number of carbonyl (C=O) groups is 1. The second-order valence-corrected chi connectivity index (χ2v) is 7.34. The summed E-state index contributed by atoms with van der Waals surface area (Å²) in [4.78, 5) is 16.8. The van der Waals surface area contributed by atoms with Crippen LogP contribution in [0.2, 0.25) is 0 Å². The van der Waals surface area contributed by atoms with Gasteiger partial charge in [-0.15, -0.1) is 11.3 Å². The fourth-order valence-electron chi connectivity index (χ4n) is 2.95. The van der Waals surface area contributed by atoms with Gasteiger partial charge < -0.3 is 5.32 Å². The normalized spacial score (nSPS) is 16.7. The van der Waals surface area contributed by atoms with Crippen LogP contribution >= 0.6 is 27.3 Å². The molecule has 1 amide bonds. The lowest BCUT2D eigenvalue weighted by molar-refractivity contribution is -0.119. The van der Waals surface area contributed by atoms with E-state index in [0.29, 0.717) is 0 Å². The summed E-state index contributed by atoms with van der Waals surface area (Å²) in [6.45, 7) is 0. The van der Waals surface area contributed by atoms with Crippen LogP contribution in [0, 0.1) is 5.92 Å². The summed E-state index contributed by atoms with van der Waals surface area (Å²) >= 11 is 5.09. The largest absolute Gasteiger partial charge is 0.326 e. The van der Waals surface area contributed by atoms with Gasteiger partial charge >= 0.3 is 0 Å². The highest BCUT2D eigenvalue weighted by molar-refractivity contribution is 9.10. The van der Waals surface area contributed by atoms with Gasteiger partial charge in [-0.1, -0.05) is 22.0 Å². The Hall–Kier alpha value is -1.72. The Balaban J connectivity index is 1.51. The van der Waals surface area contributed by atoms with E-state index in [-0.39, 0.29) is 11.8 Å². The molecule has 1 N–H and O–H groups in total. The molecular weight excluding hydrogens is 360 g/mol. The van der Waals surface area contributed by atoms with Crippen molar-refractivity contribution in [3.63, 3.8) is 0 Å². The maximum absolute atomic E-state index is 12.5. The van der Waals surface area contributed by atoms with Crippen LogP contribution in [-0.4, -0.2) is 10.9 Å². The number of halogens is 1. The molecule has 0 fully saturated rings. The zero-order valence-electron chi connectivity index (χ0n) is 11.7. The summed E-state index contributed by atoms with van der Waals surface area (Å²) in [5.74, 6) is 0.0948. The van der Waals surface area contributed by atoms with Crippen molar-refractivity contribution in [3.8, 4) is 0 Å². The predicted octanol–water partition coefficient (Wildman–Crippen LogP) is 4.41. The van der Waals surface area contributed by atoms with Gasteiger partial charge in [-0.05, 0) is 54.3 Å². The number of carbonyl (C=O) groups excluding carboxylic acids is 1. The van der Waals surface area contributed by atoms with Gasteiger partial charge in [0.25, 0.3) is 0 Å². The van der Waals surface area contributed by atoms with Crippen LogP contribution in [0.5, 0.6) is 0 Å². The van der Waals surface area contributed by atoms with Crippen molar-refractivity contribution in [3.05, 3.63) is 57.5 Å². The smallest absolute Gasteiger partial charge is 0.228 e. The first-order valence-electron chi connectivity index (χ1n) is 7.10. The average Bonchev–Trinajstić information content (AvgIpc) is 3.12. The molecule has 2 aromatic carbocycles. The van der Waals surface area contributed by atoms with Crippen LogP contribution in [0.1, 0.15) is 11.1 Å². The van der Waals surface area contributed by atoms with E-state index < -0.39 is 0 Å². The molecule has 3 aromatic rings. The van der Waals surface area contributed by atoms with Crippen molar-refractivity contribution in [1.29, 1.82) is 0 Å². The molecule has 4 rings (SSSR count). The first kappa shape index (κ1) is 13.9. The summed E-state index contributed by atoms with van der Waals surface area (Å²) < 4.78 is 2.21. The Morgan fingerprint density at radius 2 is 2.05 bits per heavy atom. The van der Waals surface area contributed by atoms with Crippen molar-refractivity contribution in [1.82, 2.24) is 4.98 Å². The summed E-state index contributed by atoms with van der Waals surface area (Å²) in [5, 5.41) is 3.03. The highest BCUT2D eigenvalue weighted by Crippen LogP contribution is 2.30. The van der Waals surface area contributed by atoms with E-state index in [2.05, 4.69) is 38.4 Å². The van der Waals surface area contributed by atoms with Crippen molar-refractivity contribution < 1.29 is 4.79 Å². The Morgan fingerprint density at radius 3 is 2.95 bits per heavy atom. The van der Waals surface area contributed by atoms with Crippen molar-refractivity contribution in [2.45, 2.75) is 12.8 Å². The van der Waals surface area contributed by atoms with E-state index in [0.717, 1.165) is 33.2 Å². The highest BCUT2D eigenvalue weighted by Gasteiger charge is 2.27. The predicted molar refractivity (Wildman–Crippen MR) is 93.3 cm³/mol. The number of rotatable bonds is 2. The molecule has 1 aromatic heterocycles. The topological polar surface area (TPSA) is 42.0 Å². The molecule has 1 heterocycles. The quantitative estimate of drug-likeness (QED) is 0.723. The third-order valence-corrected chi connectivity index (χ3v) is 5.37. The summed E-state index contributed by atoms with van der Waals surface area (Å²) in [7, 11) is 0. The number of nitrogens with zero attached hydrogens (tertiary/aromatic N) is 1. The standard InChI is InChI=1S/C17H13BrN2OS/c18-13-2-1-10-5-12(6-11(10)7-13)17(21)20-14-3-4-16-15(8-14)19-9-22-16/h1-4,7-9,12H,5-6H2,(H,20,21). The zero-order chi connectivity index (χ0) is 15.1. The minimum Gasteiger partial charge on any atom is -0.326 e. The monoisotopic (exact) mass is 372 g/mol. The minimum atomic E-state index is 0.00966. The fraction of sp³-hybridized carbons (Fsp3) is 0.176. The molecule has 1 aliphatic carbocycles. The third-order valence-electron chi connectivity index (χ3n) is 4.07. The van der Waals surface area contributed by atoms with Gasteiger partial charge in [-0.3, -0.25) is 4.79 Å². The van der Waals surface area contributed by atoms with Gasteiger partial charge in [0.1, 0.15) is 0 Å². The number of hydrogen-bond acceptors (Lipinski definition) is 3. The van der Waals surface area contributed by atoms with Crippen LogP contribution in [-0.2, 0) is 17.6 Å². The minimum absolute atomic E-state index is 0.00966. The first-order chi connectivity index (χ1) is 10.7. The van der Waals surface area contributed by atoms with E-state index >= 15 is 0 Å². The van der Waals surface area contributed by atoms with E-state index in [1.807, 2.05) is 29.8 Å². The van der Waals surface area contributed by atoms with E-state index in [1.165, 1.54) is 11.1 Å². The van der Waals surface area contributed by atoms with Gasteiger partial charge in [-0.2, -0.15) is 0 Å². The number of fused-ring (bicyclic) bond motifs is 2. The van der Waals surface area contributed by atoms with E-state index in [9.17, 15) is 4.79 Å². The SMILES string of the molecule is O=C(Nc1ccc2scnc2c1)C1Cc2ccc(Br)cc2C1. The lowest BCUT2D eigenvalue weighted by Gasteiger charge is -2.10. The molecule has 0 bridgehead atoms. The highest BCUT2D eigenvalue weighted by atomic mass is 79.9. The van der Waals surface area contributed by atoms with Gasteiger partial charge in [0.15, 0.2) is 0 Å². The maximum Gasteiger partial charge on any atom is 0.228 e. The lowest BCUT2D eigenvalue weighted by atomic mass is 10.1. The number of benzene rings is 2. The molecule has 22 heavy (non-hydrogen) atoms. The van der Waals surface area contributed by atoms with Gasteiger partial charge in [0.05, 0.1) is 15.7 Å². The number of thiazole rings is 1. The molecule has 0 aliphatic heterocycles. The molecule has 0 saturated heterocycles. The fourth-order valence-corrected chi connectivity index (χ4v) is 4.02. The zero-order valence-corrected chi connectivity index (χ0v) is 14.1. The summed E-state index contributed by atoms with van der Waals surface area (Å²) in [5.41, 5.74) is 6.12. The molecular formula is C17H13BrN2OS. The van der Waals surface area contributed by atoms with E-state index in [1.54, 1.807) is 11.3 Å². The van der Waals surface area contributed by atoms with Crippen LogP contribution < -0.4 is 5.32 Å². The number of anilines is 1. The van der Waals surface area contributed by atoms with Crippen molar-refractivity contribution >= 4 is 49.1 Å². The molecule has 0 radical (unpaired) electrons.